The molecule has 0 unspecified atom stereocenters. The molecule has 0 aliphatic carbocycles. The Hall–Kier alpha value is -4.10. The number of aliphatic carboxylic acids is 1. The van der Waals surface area contributed by atoms with Crippen molar-refractivity contribution < 1.29 is 54.3 Å². The van der Waals surface area contributed by atoms with E-state index in [9.17, 15) is 8.78 Å². The number of para-hydroxylation sites is 1. The van der Waals surface area contributed by atoms with Gasteiger partial charge in [-0.15, -0.1) is 5.10 Å². The molecule has 0 bridgehead atoms. The summed E-state index contributed by atoms with van der Waals surface area (Å²) in [6.45, 7) is 2.87. The van der Waals surface area contributed by atoms with Crippen LogP contribution in [0.15, 0.2) is 97.1 Å². The van der Waals surface area contributed by atoms with Crippen molar-refractivity contribution in [2.45, 2.75) is 13.8 Å². The normalized spacial score (nSPS) is 9.31. The van der Waals surface area contributed by atoms with Crippen LogP contribution in [0.3, 0.4) is 0 Å². The molecule has 5 aromatic rings. The van der Waals surface area contributed by atoms with Crippen molar-refractivity contribution in [1.82, 2.24) is 14.8 Å². The highest BCUT2D eigenvalue weighted by Crippen LogP contribution is 2.21. The number of amidine groups is 1. The van der Waals surface area contributed by atoms with E-state index in [2.05, 4.69) is 10.1 Å². The van der Waals surface area contributed by atoms with Crippen molar-refractivity contribution in [2.24, 2.45) is 11.6 Å². The highest BCUT2D eigenvalue weighted by atomic mass is 35.5. The highest BCUT2D eigenvalue weighted by Gasteiger charge is 2.12. The fraction of sp³-hybridized carbons (Fsp3) is 0.0667. The second-order valence-corrected chi connectivity index (χ2v) is 9.40. The second kappa shape index (κ2) is 20.8. The zero-order chi connectivity index (χ0) is 31.9. The van der Waals surface area contributed by atoms with Crippen molar-refractivity contribution in [1.29, 1.82) is 0 Å². The first kappa shape index (κ1) is 40.9. The molecular weight excluding hydrogens is 670 g/mol. The molecule has 9 N–H and O–H groups in total. The van der Waals surface area contributed by atoms with Crippen LogP contribution in [0.1, 0.15) is 18.3 Å². The smallest absolute Gasteiger partial charge is 0.300 e. The molecule has 0 atom stereocenters. The second-order valence-electron chi connectivity index (χ2n) is 8.52. The molecule has 0 aliphatic heterocycles. The molecule has 1 aromatic heterocycles. The van der Waals surface area contributed by atoms with E-state index >= 15 is 0 Å². The third kappa shape index (κ3) is 14.0. The van der Waals surface area contributed by atoms with Gasteiger partial charge in [-0.1, -0.05) is 47.5 Å². The lowest BCUT2D eigenvalue weighted by molar-refractivity contribution is -0.586. The molecular formula is C30H31Cl4F2N7O2. The molecule has 0 saturated heterocycles. The average Bonchev–Trinajstić information content (AvgIpc) is 3.35. The Balaban J connectivity index is 0.000000655. The Bertz CT molecular complexity index is 1630. The number of carbonyl (C=O) groups is 1. The summed E-state index contributed by atoms with van der Waals surface area (Å²) in [5.41, 5.74) is 9.04. The summed E-state index contributed by atoms with van der Waals surface area (Å²) in [7, 11) is 0. The summed E-state index contributed by atoms with van der Waals surface area (Å²) in [4.78, 5) is 13.4. The van der Waals surface area contributed by atoms with Crippen LogP contribution < -0.4 is 47.2 Å². The molecule has 0 aliphatic rings. The van der Waals surface area contributed by atoms with E-state index in [-0.39, 0.29) is 36.4 Å². The van der Waals surface area contributed by atoms with E-state index in [4.69, 9.17) is 50.1 Å². The van der Waals surface area contributed by atoms with E-state index < -0.39 is 5.97 Å². The maximum absolute atomic E-state index is 13.8. The standard InChI is InChI=1S/C15H11ClFN3.C7H7ClN2.C6H7FN2.C2H4O2.2ClH/c1-10-18-15(11-6-8-12(16)9-7-11)19-20(10)14-5-3-2-4-13(14)17;8-6-3-1-5(2-4-6)7(9)10;7-5-3-1-2-4-6(5)9-8;1-2(3)4;;/h2-9H,1H3;1-4H,(H3,9,10);1-4,9H,8H2;1H3,(H,3,4);2*1H. The molecule has 5 rings (SSSR count). The lowest BCUT2D eigenvalue weighted by atomic mass is 10.2. The number of rotatable bonds is 4. The zero-order valence-corrected chi connectivity index (χ0v) is 27.0. The van der Waals surface area contributed by atoms with Crippen molar-refractivity contribution in [3.05, 3.63) is 130 Å². The maximum atomic E-state index is 13.8. The van der Waals surface area contributed by atoms with E-state index in [1.165, 1.54) is 22.2 Å². The van der Waals surface area contributed by atoms with Crippen LogP contribution in [0.25, 0.3) is 17.1 Å². The van der Waals surface area contributed by atoms with Gasteiger partial charge in [0.15, 0.2) is 17.3 Å². The van der Waals surface area contributed by atoms with Crippen molar-refractivity contribution in [2.75, 3.05) is 0 Å². The summed E-state index contributed by atoms with van der Waals surface area (Å²) in [6, 6.07) is 27.1. The van der Waals surface area contributed by atoms with E-state index in [1.807, 2.05) is 12.1 Å². The molecule has 0 amide bonds. The first-order valence-corrected chi connectivity index (χ1v) is 13.3. The lowest BCUT2D eigenvalue weighted by Gasteiger charge is -2.03. The SMILES string of the molecule is CC(=O)O.Cc1nc(-c2ccc(Cl)cc2)nn1-c1ccccc1F.NC(=[NH2+])c1ccc(Cl)cc1.N[NH2+]c1ccccc1F.[Cl-].[Cl-]. The minimum Gasteiger partial charge on any atom is -1.00 e. The first-order chi connectivity index (χ1) is 20.4. The van der Waals surface area contributed by atoms with Gasteiger partial charge in [0.2, 0.25) is 0 Å². The molecule has 15 heteroatoms. The average molecular weight is 701 g/mol. The van der Waals surface area contributed by atoms with Gasteiger partial charge in [-0.2, -0.15) is 5.84 Å². The Morgan fingerprint density at radius 2 is 1.33 bits per heavy atom. The van der Waals surface area contributed by atoms with Gasteiger partial charge >= 0.3 is 0 Å². The van der Waals surface area contributed by atoms with Crippen LogP contribution in [-0.4, -0.2) is 31.7 Å². The Labute approximate surface area is 281 Å². The summed E-state index contributed by atoms with van der Waals surface area (Å²) in [6.07, 6.45) is 0. The number of aryl methyl sites for hydroxylation is 1. The summed E-state index contributed by atoms with van der Waals surface area (Å²) in [5, 5.41) is 18.4. The first-order valence-electron chi connectivity index (χ1n) is 12.5. The Morgan fingerprint density at radius 1 is 0.867 bits per heavy atom. The number of hydrogen-bond donors (Lipinski definition) is 5. The van der Waals surface area contributed by atoms with Gasteiger partial charge in [-0.3, -0.25) is 15.9 Å². The lowest BCUT2D eigenvalue weighted by Crippen LogP contribution is -3.00. The van der Waals surface area contributed by atoms with E-state index in [0.29, 0.717) is 38.9 Å². The van der Waals surface area contributed by atoms with Gasteiger partial charge in [0.25, 0.3) is 11.8 Å². The van der Waals surface area contributed by atoms with E-state index in [1.54, 1.807) is 79.7 Å². The van der Waals surface area contributed by atoms with Gasteiger partial charge in [0, 0.05) is 28.6 Å². The Morgan fingerprint density at radius 3 is 1.78 bits per heavy atom. The predicted octanol–water partition coefficient (Wildman–Crippen LogP) is -2.17. The van der Waals surface area contributed by atoms with Crippen LogP contribution in [0.2, 0.25) is 10.0 Å². The largest absolute Gasteiger partial charge is 1.00 e. The van der Waals surface area contributed by atoms with E-state index in [0.717, 1.165) is 18.1 Å². The van der Waals surface area contributed by atoms with Crippen LogP contribution in [0.4, 0.5) is 14.5 Å². The maximum Gasteiger partial charge on any atom is 0.300 e. The number of benzene rings is 4. The zero-order valence-electron chi connectivity index (χ0n) is 24.0. The molecule has 0 radical (unpaired) electrons. The molecule has 9 nitrogen and oxygen atoms in total. The molecule has 45 heavy (non-hydrogen) atoms. The summed E-state index contributed by atoms with van der Waals surface area (Å²) in [5.74, 6) is 5.13. The number of aromatic nitrogens is 3. The predicted molar refractivity (Wildman–Crippen MR) is 164 cm³/mol. The Kier molecular flexibility index (Phi) is 18.9. The number of carboxylic acid groups (broad SMARTS) is 1. The summed E-state index contributed by atoms with van der Waals surface area (Å²) >= 11 is 11.5. The quantitative estimate of drug-likeness (QED) is 0.0472. The molecule has 1 heterocycles. The third-order valence-electron chi connectivity index (χ3n) is 5.21. The minimum atomic E-state index is -0.833. The summed E-state index contributed by atoms with van der Waals surface area (Å²) < 4.78 is 27.8. The minimum absolute atomic E-state index is 0. The van der Waals surface area contributed by atoms with Gasteiger partial charge in [-0.25, -0.2) is 23.9 Å². The van der Waals surface area contributed by atoms with Crippen LogP contribution in [0, 0.1) is 18.6 Å². The van der Waals surface area contributed by atoms with Crippen LogP contribution in [0.5, 0.6) is 0 Å². The monoisotopic (exact) mass is 699 g/mol. The number of hydrogen-bond acceptors (Lipinski definition) is 4. The fourth-order valence-electron chi connectivity index (χ4n) is 3.22. The van der Waals surface area contributed by atoms with Gasteiger partial charge in [0.1, 0.15) is 17.3 Å². The molecule has 0 spiro atoms. The van der Waals surface area contributed by atoms with Crippen molar-refractivity contribution in [3.63, 3.8) is 0 Å². The molecule has 240 valence electrons. The topological polar surface area (TPSA) is 162 Å². The molecule has 4 aromatic carbocycles. The number of quaternary nitrogens is 1. The van der Waals surface area contributed by atoms with Gasteiger partial charge < -0.3 is 29.9 Å². The number of nitrogens with two attached hydrogens (primary N) is 4. The van der Waals surface area contributed by atoms with Crippen molar-refractivity contribution in [3.8, 4) is 17.1 Å². The van der Waals surface area contributed by atoms with Crippen LogP contribution in [-0.2, 0) is 4.79 Å². The third-order valence-corrected chi connectivity index (χ3v) is 5.72. The van der Waals surface area contributed by atoms with Crippen LogP contribution >= 0.6 is 23.2 Å². The van der Waals surface area contributed by atoms with Gasteiger partial charge in [-0.05, 0) is 73.7 Å². The molecule has 0 saturated carbocycles. The highest BCUT2D eigenvalue weighted by molar-refractivity contribution is 6.30. The molecule has 0 fully saturated rings. The number of carboxylic acids is 1. The van der Waals surface area contributed by atoms with Gasteiger partial charge in [0.05, 0.1) is 5.56 Å². The number of halogens is 6. The van der Waals surface area contributed by atoms with Crippen molar-refractivity contribution >= 4 is 40.7 Å². The fourth-order valence-corrected chi connectivity index (χ4v) is 3.47. The number of nitrogens with zero attached hydrogens (tertiary/aromatic N) is 3.